The third-order valence-corrected chi connectivity index (χ3v) is 6.94. The molecule has 0 bridgehead atoms. The van der Waals surface area contributed by atoms with E-state index in [1.807, 2.05) is 6.92 Å². The fraction of sp³-hybridized carbons (Fsp3) is 0.952. The second-order valence-electron chi connectivity index (χ2n) is 9.36. The van der Waals surface area contributed by atoms with E-state index in [2.05, 4.69) is 36.1 Å². The first-order valence-electron chi connectivity index (χ1n) is 11.4. The van der Waals surface area contributed by atoms with E-state index in [0.717, 1.165) is 51.9 Å². The molecule has 8 nitrogen and oxygen atoms in total. The molecule has 184 valence electrons. The van der Waals surface area contributed by atoms with E-state index in [-0.39, 0.29) is 47.4 Å². The lowest BCUT2D eigenvalue weighted by Crippen LogP contribution is -2.44. The Morgan fingerprint density at radius 2 is 1.81 bits per heavy atom. The van der Waals surface area contributed by atoms with Crippen molar-refractivity contribution in [1.29, 1.82) is 0 Å². The van der Waals surface area contributed by atoms with Gasteiger partial charge in [-0.2, -0.15) is 0 Å². The van der Waals surface area contributed by atoms with Gasteiger partial charge in [-0.05, 0) is 44.4 Å². The van der Waals surface area contributed by atoms with Crippen molar-refractivity contribution in [1.82, 2.24) is 15.4 Å². The van der Waals surface area contributed by atoms with Crippen molar-refractivity contribution < 1.29 is 17.9 Å². The highest BCUT2D eigenvalue weighted by atomic mass is 127. The second-order valence-corrected chi connectivity index (χ2v) is 11.3. The van der Waals surface area contributed by atoms with Crippen LogP contribution >= 0.6 is 24.0 Å². The third kappa shape index (κ3) is 11.0. The second kappa shape index (κ2) is 14.2. The first kappa shape index (κ1) is 28.9. The third-order valence-electron chi connectivity index (χ3n) is 5.59. The number of aliphatic imine (C=N–C) groups is 1. The highest BCUT2D eigenvalue weighted by Gasteiger charge is 2.35. The molecule has 2 fully saturated rings. The molecule has 2 rings (SSSR count). The van der Waals surface area contributed by atoms with Gasteiger partial charge in [-0.1, -0.05) is 20.8 Å². The summed E-state index contributed by atoms with van der Waals surface area (Å²) in [7, 11) is -3.35. The zero-order chi connectivity index (χ0) is 22.0. The van der Waals surface area contributed by atoms with Crippen LogP contribution in [0.2, 0.25) is 0 Å². The fourth-order valence-corrected chi connectivity index (χ4v) is 5.06. The molecule has 0 radical (unpaired) electrons. The molecule has 0 aromatic carbocycles. The average Bonchev–Trinajstić information content (AvgIpc) is 2.71. The molecule has 0 saturated carbocycles. The van der Waals surface area contributed by atoms with Gasteiger partial charge in [-0.25, -0.2) is 13.1 Å². The van der Waals surface area contributed by atoms with Crippen molar-refractivity contribution in [2.24, 2.45) is 16.3 Å². The highest BCUT2D eigenvalue weighted by Crippen LogP contribution is 2.34. The molecule has 0 amide bonds. The Bertz CT molecular complexity index is 634. The van der Waals surface area contributed by atoms with Gasteiger partial charge in [-0.15, -0.1) is 24.0 Å². The summed E-state index contributed by atoms with van der Waals surface area (Å²) in [5.74, 6) is 1.03. The molecule has 31 heavy (non-hydrogen) atoms. The van der Waals surface area contributed by atoms with E-state index >= 15 is 0 Å². The van der Waals surface area contributed by atoms with Gasteiger partial charge in [0.05, 0.1) is 18.0 Å². The van der Waals surface area contributed by atoms with Gasteiger partial charge in [-0.3, -0.25) is 4.99 Å². The van der Waals surface area contributed by atoms with Gasteiger partial charge in [0.2, 0.25) is 10.0 Å². The maximum atomic E-state index is 12.3. The lowest BCUT2D eigenvalue weighted by molar-refractivity contribution is -0.0823. The average molecular weight is 575 g/mol. The maximum absolute atomic E-state index is 12.3. The number of guanidine groups is 1. The van der Waals surface area contributed by atoms with Crippen molar-refractivity contribution in [3.05, 3.63) is 0 Å². The van der Waals surface area contributed by atoms with Crippen molar-refractivity contribution in [3.8, 4) is 0 Å². The molecule has 3 N–H and O–H groups in total. The molecule has 0 spiro atoms. The van der Waals surface area contributed by atoms with Crippen LogP contribution in [0, 0.1) is 11.3 Å². The Balaban J connectivity index is 0.00000480. The quantitative estimate of drug-likeness (QED) is 0.222. The van der Waals surface area contributed by atoms with Gasteiger partial charge in [0, 0.05) is 45.3 Å². The first-order chi connectivity index (χ1) is 14.2. The number of hydrogen-bond acceptors (Lipinski definition) is 5. The van der Waals surface area contributed by atoms with E-state index in [4.69, 9.17) is 14.5 Å². The summed E-state index contributed by atoms with van der Waals surface area (Å²) in [5.41, 5.74) is 0.0776. The smallest absolute Gasteiger partial charge is 0.213 e. The molecule has 0 aromatic heterocycles. The molecular weight excluding hydrogens is 531 g/mol. The number of ether oxygens (including phenoxy) is 2. The lowest BCUT2D eigenvalue weighted by Gasteiger charge is -2.39. The fourth-order valence-electron chi connectivity index (χ4n) is 4.10. The predicted molar refractivity (Wildman–Crippen MR) is 137 cm³/mol. The number of nitrogens with one attached hydrogen (secondary N) is 3. The van der Waals surface area contributed by atoms with E-state index < -0.39 is 10.0 Å². The van der Waals surface area contributed by atoms with Gasteiger partial charge in [0.1, 0.15) is 0 Å². The molecule has 2 saturated heterocycles. The minimum absolute atomic E-state index is 0. The van der Waals surface area contributed by atoms with Crippen molar-refractivity contribution in [2.45, 2.75) is 72.0 Å². The van der Waals surface area contributed by atoms with Crippen molar-refractivity contribution in [2.75, 3.05) is 45.1 Å². The van der Waals surface area contributed by atoms with Crippen LogP contribution in [-0.2, 0) is 19.5 Å². The van der Waals surface area contributed by atoms with E-state index in [1.165, 1.54) is 0 Å². The summed E-state index contributed by atoms with van der Waals surface area (Å²) < 4.78 is 38.9. The number of halogens is 1. The van der Waals surface area contributed by atoms with Gasteiger partial charge < -0.3 is 20.1 Å². The van der Waals surface area contributed by atoms with Crippen LogP contribution < -0.4 is 15.4 Å². The Labute approximate surface area is 206 Å². The zero-order valence-electron chi connectivity index (χ0n) is 19.6. The van der Waals surface area contributed by atoms with Crippen LogP contribution in [0.25, 0.3) is 0 Å². The summed E-state index contributed by atoms with van der Waals surface area (Å²) in [6.45, 7) is 12.2. The van der Waals surface area contributed by atoms with Crippen LogP contribution in [0.3, 0.4) is 0 Å². The van der Waals surface area contributed by atoms with Crippen molar-refractivity contribution in [3.63, 3.8) is 0 Å². The molecule has 3 atom stereocenters. The molecule has 10 heteroatoms. The van der Waals surface area contributed by atoms with Crippen LogP contribution in [0.5, 0.6) is 0 Å². The molecule has 2 aliphatic heterocycles. The summed E-state index contributed by atoms with van der Waals surface area (Å²) in [5, 5.41) is 6.36. The summed E-state index contributed by atoms with van der Waals surface area (Å²) in [4.78, 5) is 4.72. The summed E-state index contributed by atoms with van der Waals surface area (Å²) >= 11 is 0. The standard InChI is InChI=1S/C21H42N4O4S.HI/c1-5-22-20(24-15-17-9-8-13-29-19(17)21(2,3)4)23-11-14-30(26,27)25-16-18-10-6-7-12-28-18;/h17-19,25H,5-16H2,1-4H3,(H2,22,23,24);1H. The van der Waals surface area contributed by atoms with Gasteiger partial charge in [0.25, 0.3) is 0 Å². The zero-order valence-corrected chi connectivity index (χ0v) is 22.8. The van der Waals surface area contributed by atoms with Crippen LogP contribution in [-0.4, -0.2) is 71.7 Å². The first-order valence-corrected chi connectivity index (χ1v) is 13.1. The Kier molecular flexibility index (Phi) is 13.2. The topological polar surface area (TPSA) is 101 Å². The summed E-state index contributed by atoms with van der Waals surface area (Å²) in [6.07, 6.45) is 5.41. The molecular formula is C21H43IN4O4S. The number of nitrogens with zero attached hydrogens (tertiary/aromatic N) is 1. The molecule has 2 aliphatic rings. The highest BCUT2D eigenvalue weighted by molar-refractivity contribution is 14.0. The van der Waals surface area contributed by atoms with E-state index in [0.29, 0.717) is 31.5 Å². The minimum Gasteiger partial charge on any atom is -0.377 e. The molecule has 3 unspecified atom stereocenters. The van der Waals surface area contributed by atoms with Crippen LogP contribution in [0.1, 0.15) is 59.8 Å². The van der Waals surface area contributed by atoms with Crippen LogP contribution in [0.4, 0.5) is 0 Å². The molecule has 2 heterocycles. The van der Waals surface area contributed by atoms with Crippen LogP contribution in [0.15, 0.2) is 4.99 Å². The Morgan fingerprint density at radius 3 is 2.45 bits per heavy atom. The minimum atomic E-state index is -3.35. The summed E-state index contributed by atoms with van der Waals surface area (Å²) in [6, 6.07) is 0. The van der Waals surface area contributed by atoms with Crippen molar-refractivity contribution >= 4 is 40.0 Å². The molecule has 0 aliphatic carbocycles. The van der Waals surface area contributed by atoms with Gasteiger partial charge >= 0.3 is 0 Å². The number of hydrogen-bond donors (Lipinski definition) is 3. The monoisotopic (exact) mass is 574 g/mol. The lowest BCUT2D eigenvalue weighted by atomic mass is 9.78. The molecule has 0 aromatic rings. The largest absolute Gasteiger partial charge is 0.377 e. The Hall–Kier alpha value is -0.170. The Morgan fingerprint density at radius 1 is 1.06 bits per heavy atom. The van der Waals surface area contributed by atoms with E-state index in [9.17, 15) is 8.42 Å². The normalized spacial score (nSPS) is 25.5. The predicted octanol–water partition coefficient (Wildman–Crippen LogP) is 2.49. The number of rotatable bonds is 9. The van der Waals surface area contributed by atoms with Gasteiger partial charge in [0.15, 0.2) is 5.96 Å². The van der Waals surface area contributed by atoms with E-state index in [1.54, 1.807) is 0 Å². The number of sulfonamides is 1. The maximum Gasteiger partial charge on any atom is 0.213 e. The SMILES string of the molecule is CCNC(=NCC1CCCOC1C(C)(C)C)NCCS(=O)(=O)NCC1CCCCO1.I.